The van der Waals surface area contributed by atoms with Crippen molar-refractivity contribution in [3.05, 3.63) is 282 Å². The molecule has 78 heavy (non-hydrogen) atoms. The quantitative estimate of drug-likeness (QED) is 0.0493. The van der Waals surface area contributed by atoms with Gasteiger partial charge in [0, 0.05) is 4.90 Å². The van der Waals surface area contributed by atoms with Gasteiger partial charge in [-0.05, 0) is 51.1 Å². The highest BCUT2D eigenvalue weighted by Gasteiger charge is 2.54. The molecule has 8 aromatic carbocycles. The van der Waals surface area contributed by atoms with Crippen LogP contribution in [0.3, 0.4) is 0 Å². The van der Waals surface area contributed by atoms with E-state index in [4.69, 9.17) is 47.4 Å². The highest BCUT2D eigenvalue weighted by Crippen LogP contribution is 2.41. The van der Waals surface area contributed by atoms with Crippen LogP contribution in [0, 0.1) is 0 Å². The van der Waals surface area contributed by atoms with Crippen molar-refractivity contribution in [3.63, 3.8) is 0 Å². The topological polar surface area (TPSA) is 92.3 Å². The lowest BCUT2D eigenvalue weighted by atomic mass is 9.96. The summed E-state index contributed by atoms with van der Waals surface area (Å²) in [6.07, 6.45) is -7.03. The van der Waals surface area contributed by atoms with E-state index in [9.17, 15) is 0 Å². The van der Waals surface area contributed by atoms with Crippen LogP contribution in [0.15, 0.2) is 248 Å². The van der Waals surface area contributed by atoms with E-state index in [0.717, 1.165) is 43.8 Å². The first-order valence-electron chi connectivity index (χ1n) is 26.9. The number of rotatable bonds is 27. The zero-order valence-electron chi connectivity index (χ0n) is 43.7. The van der Waals surface area contributed by atoms with Crippen LogP contribution in [-0.2, 0) is 93.6 Å². The molecule has 0 radical (unpaired) electrons. The molecule has 11 heteroatoms. The fourth-order valence-corrected chi connectivity index (χ4v) is 10.8. The summed E-state index contributed by atoms with van der Waals surface area (Å²) in [6.45, 7) is 2.38. The molecular weight excluding hydrogens is 997 g/mol. The molecule has 0 amide bonds. The maximum Gasteiger partial charge on any atom is 0.187 e. The predicted octanol–water partition coefficient (Wildman–Crippen LogP) is 13.0. The molecule has 2 saturated heterocycles. The molecular formula is C67H68O10S. The molecule has 2 heterocycles. The maximum absolute atomic E-state index is 7.66. The third kappa shape index (κ3) is 16.2. The molecule has 0 aromatic heterocycles. The molecule has 10 rings (SSSR count). The molecule has 0 saturated carbocycles. The fraction of sp³-hybridized carbons (Fsp3) is 0.284. The van der Waals surface area contributed by atoms with Gasteiger partial charge in [-0.1, -0.05) is 242 Å². The first-order valence-corrected chi connectivity index (χ1v) is 27.8. The lowest BCUT2D eigenvalue weighted by Gasteiger charge is -2.50. The Morgan fingerprint density at radius 3 is 0.962 bits per heavy atom. The van der Waals surface area contributed by atoms with Gasteiger partial charge >= 0.3 is 0 Å². The van der Waals surface area contributed by atoms with Gasteiger partial charge in [0.2, 0.25) is 0 Å². The van der Waals surface area contributed by atoms with Crippen LogP contribution in [0.2, 0.25) is 0 Å². The van der Waals surface area contributed by atoms with Gasteiger partial charge in [-0.15, -0.1) is 0 Å². The van der Waals surface area contributed by atoms with Crippen molar-refractivity contribution in [2.45, 2.75) is 112 Å². The summed E-state index contributed by atoms with van der Waals surface area (Å²) in [7, 11) is 0. The number of thioether (sulfide) groups is 1. The van der Waals surface area contributed by atoms with Crippen LogP contribution in [0.5, 0.6) is 0 Å². The summed E-state index contributed by atoms with van der Waals surface area (Å²) in [4.78, 5) is 1.02. The summed E-state index contributed by atoms with van der Waals surface area (Å²) < 4.78 is 71.3. The lowest BCUT2D eigenvalue weighted by molar-refractivity contribution is -0.360. The lowest BCUT2D eigenvalue weighted by Crippen LogP contribution is -2.66. The number of ether oxygens (including phenoxy) is 10. The van der Waals surface area contributed by atoms with E-state index >= 15 is 0 Å². The second kappa shape index (κ2) is 29.6. The average molecular weight is 1070 g/mol. The summed E-state index contributed by atoms with van der Waals surface area (Å²) in [6, 6.07) is 81.2. The molecule has 0 aliphatic carbocycles. The molecule has 0 bridgehead atoms. The fourth-order valence-electron chi connectivity index (χ4n) is 9.68. The molecule has 0 N–H and O–H groups in total. The summed E-state index contributed by atoms with van der Waals surface area (Å²) in [5, 5.41) is 0. The van der Waals surface area contributed by atoms with E-state index in [-0.39, 0.29) is 33.0 Å². The van der Waals surface area contributed by atoms with E-state index in [2.05, 4.69) is 84.9 Å². The molecule has 8 aromatic rings. The Labute approximate surface area is 463 Å². The zero-order chi connectivity index (χ0) is 52.8. The third-order valence-electron chi connectivity index (χ3n) is 13.7. The van der Waals surface area contributed by atoms with E-state index in [1.54, 1.807) is 11.8 Å². The van der Waals surface area contributed by atoms with Gasteiger partial charge in [0.1, 0.15) is 54.3 Å². The van der Waals surface area contributed by atoms with Gasteiger partial charge < -0.3 is 47.4 Å². The molecule has 0 spiro atoms. The molecule has 10 atom stereocenters. The SMILES string of the molecule is c1ccc(COC[C@H]2O[C@@H](Sc3ccccc3)[C@H](OCc3ccccc3)[C@@H](OCc3ccccc3)[C@@H]2O[C@H]2O[C@H](COCc3ccccc3)[C@@H](OCc3ccccc3)[C@H](OCc3ccccc3)[C@H]2OCc2ccccc2)cc1. The number of benzene rings is 8. The summed E-state index contributed by atoms with van der Waals surface area (Å²) in [5.41, 5.74) is 6.48. The Morgan fingerprint density at radius 1 is 0.282 bits per heavy atom. The van der Waals surface area contributed by atoms with Crippen LogP contribution in [-0.4, -0.2) is 73.8 Å². The van der Waals surface area contributed by atoms with Crippen molar-refractivity contribution in [2.75, 3.05) is 13.2 Å². The van der Waals surface area contributed by atoms with Crippen molar-refractivity contribution in [2.24, 2.45) is 0 Å². The van der Waals surface area contributed by atoms with Crippen LogP contribution in [0.1, 0.15) is 38.9 Å². The monoisotopic (exact) mass is 1060 g/mol. The first kappa shape index (κ1) is 55.0. The minimum absolute atomic E-state index is 0.155. The Balaban J connectivity index is 1.06. The van der Waals surface area contributed by atoms with Crippen molar-refractivity contribution in [3.8, 4) is 0 Å². The predicted molar refractivity (Wildman–Crippen MR) is 302 cm³/mol. The van der Waals surface area contributed by atoms with Crippen molar-refractivity contribution >= 4 is 11.8 Å². The van der Waals surface area contributed by atoms with Crippen LogP contribution < -0.4 is 0 Å². The van der Waals surface area contributed by atoms with Crippen LogP contribution in [0.4, 0.5) is 0 Å². The van der Waals surface area contributed by atoms with Crippen LogP contribution >= 0.6 is 11.8 Å². The zero-order valence-corrected chi connectivity index (χ0v) is 44.5. The highest BCUT2D eigenvalue weighted by atomic mass is 32.2. The van der Waals surface area contributed by atoms with Gasteiger partial charge in [0.25, 0.3) is 0 Å². The molecule has 10 nitrogen and oxygen atoms in total. The third-order valence-corrected chi connectivity index (χ3v) is 14.8. The molecule has 402 valence electrons. The molecule has 2 aliphatic heterocycles. The van der Waals surface area contributed by atoms with Crippen LogP contribution in [0.25, 0.3) is 0 Å². The largest absolute Gasteiger partial charge is 0.374 e. The minimum Gasteiger partial charge on any atom is -0.374 e. The molecule has 2 aliphatic rings. The van der Waals surface area contributed by atoms with Gasteiger partial charge in [-0.25, -0.2) is 0 Å². The normalized spacial score (nSPS) is 23.2. The first-order chi connectivity index (χ1) is 38.7. The Bertz CT molecular complexity index is 2880. The van der Waals surface area contributed by atoms with E-state index in [1.807, 2.05) is 158 Å². The van der Waals surface area contributed by atoms with Gasteiger partial charge in [0.15, 0.2) is 6.29 Å². The number of hydrogen-bond donors (Lipinski definition) is 0. The summed E-state index contributed by atoms with van der Waals surface area (Å²) in [5.74, 6) is 0. The van der Waals surface area contributed by atoms with E-state index < -0.39 is 60.6 Å². The average Bonchev–Trinajstić information content (AvgIpc) is 3.61. The second-order valence-electron chi connectivity index (χ2n) is 19.4. The standard InChI is InChI=1S/C67H68O10S/c1-9-25-50(26-10-1)41-68-48-58-60(70-43-52-29-13-3-14-30-52)62(71-44-53-31-15-4-16-32-53)64(73-46-55-35-19-6-20-36-55)66(75-58)77-61-59(49-69-42-51-27-11-2-12-28-51)76-67(78-57-39-23-8-24-40-57)65(74-47-56-37-21-7-22-38-56)63(61)72-45-54-33-17-5-18-34-54/h1-40,58-67H,41-49H2/t58-,59-,60-,61-,62+,63+,64-,65-,66-,67+/m1/s1. The maximum atomic E-state index is 7.66. The number of hydrogen-bond acceptors (Lipinski definition) is 11. The van der Waals surface area contributed by atoms with Gasteiger partial charge in [0.05, 0.1) is 59.5 Å². The highest BCUT2D eigenvalue weighted by molar-refractivity contribution is 7.99. The smallest absolute Gasteiger partial charge is 0.187 e. The summed E-state index contributed by atoms with van der Waals surface area (Å²) >= 11 is 1.59. The van der Waals surface area contributed by atoms with Gasteiger partial charge in [-0.3, -0.25) is 0 Å². The van der Waals surface area contributed by atoms with Crippen molar-refractivity contribution in [1.82, 2.24) is 0 Å². The van der Waals surface area contributed by atoms with Crippen molar-refractivity contribution < 1.29 is 47.4 Å². The minimum atomic E-state index is -1.09. The molecule has 2 fully saturated rings. The Hall–Kier alpha value is -6.29. The molecule has 0 unspecified atom stereocenters. The Morgan fingerprint density at radius 2 is 0.577 bits per heavy atom. The second-order valence-corrected chi connectivity index (χ2v) is 20.6. The van der Waals surface area contributed by atoms with Gasteiger partial charge in [-0.2, -0.15) is 0 Å². The Kier molecular flexibility index (Phi) is 20.9. The van der Waals surface area contributed by atoms with E-state index in [1.165, 1.54) is 0 Å². The van der Waals surface area contributed by atoms with E-state index in [0.29, 0.717) is 26.4 Å². The van der Waals surface area contributed by atoms with Crippen molar-refractivity contribution in [1.29, 1.82) is 0 Å².